The number of ether oxygens (including phenoxy) is 1. The Kier molecular flexibility index (Phi) is 6.26. The van der Waals surface area contributed by atoms with E-state index in [2.05, 4.69) is 15.0 Å². The van der Waals surface area contributed by atoms with Crippen LogP contribution in [0.15, 0.2) is 24.3 Å². The van der Waals surface area contributed by atoms with Crippen LogP contribution in [0, 0.1) is 0 Å². The third kappa shape index (κ3) is 4.71. The molecule has 22 heavy (non-hydrogen) atoms. The topological polar surface area (TPSA) is 47.9 Å². The van der Waals surface area contributed by atoms with Crippen LogP contribution in [0.5, 0.6) is 5.75 Å². The minimum absolute atomic E-state index is 0.203. The fourth-order valence-electron chi connectivity index (χ4n) is 1.58. The summed E-state index contributed by atoms with van der Waals surface area (Å²) in [7, 11) is 1.61. The summed E-state index contributed by atoms with van der Waals surface area (Å²) in [4.78, 5) is 10.5. The highest BCUT2D eigenvalue weighted by molar-refractivity contribution is 6.44. The van der Waals surface area contributed by atoms with Crippen LogP contribution in [-0.2, 0) is 0 Å². The SMILES string of the molecule is COc1ccc(/C=C/c2nc(C(Cl)Cl)nc(C(Cl)Cl)n2)cc1. The second-order valence-electron chi connectivity index (χ2n) is 4.12. The van der Waals surface area contributed by atoms with Gasteiger partial charge in [-0.25, -0.2) is 15.0 Å². The highest BCUT2D eigenvalue weighted by atomic mass is 35.5. The van der Waals surface area contributed by atoms with Gasteiger partial charge in [-0.1, -0.05) is 64.6 Å². The minimum Gasteiger partial charge on any atom is -0.497 e. The number of aromatic nitrogens is 3. The summed E-state index contributed by atoms with van der Waals surface area (Å²) in [6.07, 6.45) is 3.53. The van der Waals surface area contributed by atoms with Gasteiger partial charge in [0.15, 0.2) is 27.1 Å². The molecular formula is C14H11Cl4N3O. The van der Waals surface area contributed by atoms with Gasteiger partial charge in [0.1, 0.15) is 5.75 Å². The van der Waals surface area contributed by atoms with Gasteiger partial charge in [-0.15, -0.1) is 0 Å². The van der Waals surface area contributed by atoms with E-state index in [0.717, 1.165) is 11.3 Å². The van der Waals surface area contributed by atoms with Gasteiger partial charge in [0, 0.05) is 0 Å². The molecule has 0 saturated carbocycles. The number of benzene rings is 1. The molecule has 0 amide bonds. The van der Waals surface area contributed by atoms with E-state index in [-0.39, 0.29) is 11.6 Å². The van der Waals surface area contributed by atoms with Crippen molar-refractivity contribution in [2.24, 2.45) is 0 Å². The molecule has 1 aromatic carbocycles. The lowest BCUT2D eigenvalue weighted by Gasteiger charge is -2.06. The third-order valence-electron chi connectivity index (χ3n) is 2.62. The zero-order chi connectivity index (χ0) is 16.1. The van der Waals surface area contributed by atoms with Crippen molar-refractivity contribution in [3.05, 3.63) is 47.3 Å². The van der Waals surface area contributed by atoms with Crippen LogP contribution in [0.2, 0.25) is 0 Å². The summed E-state index contributed by atoms with van der Waals surface area (Å²) in [5, 5.41) is 0. The minimum atomic E-state index is -0.887. The first kappa shape index (κ1) is 17.3. The average molecular weight is 379 g/mol. The van der Waals surface area contributed by atoms with E-state index in [9.17, 15) is 0 Å². The van der Waals surface area contributed by atoms with Crippen LogP contribution >= 0.6 is 46.4 Å². The molecule has 2 aromatic rings. The van der Waals surface area contributed by atoms with Crippen molar-refractivity contribution in [2.75, 3.05) is 7.11 Å². The molecule has 0 radical (unpaired) electrons. The summed E-state index contributed by atoms with van der Waals surface area (Å²) in [5.74, 6) is 1.55. The average Bonchev–Trinajstić information content (AvgIpc) is 2.53. The maximum Gasteiger partial charge on any atom is 0.167 e. The van der Waals surface area contributed by atoms with E-state index in [0.29, 0.717) is 5.82 Å². The molecule has 0 fully saturated rings. The summed E-state index contributed by atoms with van der Waals surface area (Å²) in [6, 6.07) is 7.50. The zero-order valence-electron chi connectivity index (χ0n) is 11.4. The van der Waals surface area contributed by atoms with Crippen LogP contribution in [0.3, 0.4) is 0 Å². The lowest BCUT2D eigenvalue weighted by molar-refractivity contribution is 0.415. The van der Waals surface area contributed by atoms with E-state index >= 15 is 0 Å². The molecule has 0 spiro atoms. The molecule has 0 saturated heterocycles. The number of halogens is 4. The van der Waals surface area contributed by atoms with Gasteiger partial charge in [0.05, 0.1) is 7.11 Å². The van der Waals surface area contributed by atoms with Crippen LogP contribution in [0.25, 0.3) is 12.2 Å². The van der Waals surface area contributed by atoms with Crippen molar-refractivity contribution in [1.82, 2.24) is 15.0 Å². The summed E-state index contributed by atoms with van der Waals surface area (Å²) in [5.41, 5.74) is 0.950. The predicted octanol–water partition coefficient (Wildman–Crippen LogP) is 5.00. The number of hydrogen-bond acceptors (Lipinski definition) is 4. The van der Waals surface area contributed by atoms with E-state index in [1.165, 1.54) is 0 Å². The van der Waals surface area contributed by atoms with Crippen molar-refractivity contribution in [1.29, 1.82) is 0 Å². The van der Waals surface area contributed by atoms with Gasteiger partial charge in [0.25, 0.3) is 0 Å². The highest BCUT2D eigenvalue weighted by Gasteiger charge is 2.15. The number of methoxy groups -OCH3 is 1. The Morgan fingerprint density at radius 1 is 0.864 bits per heavy atom. The van der Waals surface area contributed by atoms with Crippen LogP contribution in [0.1, 0.15) is 32.7 Å². The van der Waals surface area contributed by atoms with Gasteiger partial charge < -0.3 is 4.74 Å². The largest absolute Gasteiger partial charge is 0.497 e. The second-order valence-corrected chi connectivity index (χ2v) is 6.31. The summed E-state index contributed by atoms with van der Waals surface area (Å²) >= 11 is 23.2. The van der Waals surface area contributed by atoms with Gasteiger partial charge in [0.2, 0.25) is 0 Å². The van der Waals surface area contributed by atoms with Crippen molar-refractivity contribution in [3.63, 3.8) is 0 Å². The monoisotopic (exact) mass is 377 g/mol. The Balaban J connectivity index is 2.28. The first-order valence-electron chi connectivity index (χ1n) is 6.14. The van der Waals surface area contributed by atoms with Gasteiger partial charge in [-0.05, 0) is 23.8 Å². The molecule has 0 bridgehead atoms. The Morgan fingerprint density at radius 2 is 1.41 bits per heavy atom. The Labute approximate surface area is 148 Å². The fraction of sp³-hybridized carbons (Fsp3) is 0.214. The Bertz CT molecular complexity index is 633. The van der Waals surface area contributed by atoms with E-state index in [1.807, 2.05) is 30.3 Å². The van der Waals surface area contributed by atoms with Crippen molar-refractivity contribution in [2.45, 2.75) is 9.67 Å². The van der Waals surface area contributed by atoms with Crippen molar-refractivity contribution < 1.29 is 4.74 Å². The molecule has 1 aromatic heterocycles. The lowest BCUT2D eigenvalue weighted by Crippen LogP contribution is -2.05. The zero-order valence-corrected chi connectivity index (χ0v) is 14.4. The van der Waals surface area contributed by atoms with E-state index in [1.54, 1.807) is 13.2 Å². The molecule has 0 aliphatic heterocycles. The number of nitrogens with zero attached hydrogens (tertiary/aromatic N) is 3. The molecule has 0 atom stereocenters. The van der Waals surface area contributed by atoms with Gasteiger partial charge in [-0.2, -0.15) is 0 Å². The van der Waals surface area contributed by atoms with Crippen molar-refractivity contribution >= 4 is 58.6 Å². The quantitative estimate of drug-likeness (QED) is 0.686. The maximum absolute atomic E-state index is 5.79. The number of rotatable bonds is 5. The first-order chi connectivity index (χ1) is 10.5. The second kappa shape index (κ2) is 7.97. The third-order valence-corrected chi connectivity index (χ3v) is 3.40. The van der Waals surface area contributed by atoms with E-state index in [4.69, 9.17) is 51.1 Å². The fourth-order valence-corrected chi connectivity index (χ4v) is 1.97. The van der Waals surface area contributed by atoms with Crippen LogP contribution in [-0.4, -0.2) is 22.1 Å². The summed E-state index contributed by atoms with van der Waals surface area (Å²) < 4.78 is 5.10. The van der Waals surface area contributed by atoms with Gasteiger partial charge in [-0.3, -0.25) is 0 Å². The molecular weight excluding hydrogens is 368 g/mol. The Morgan fingerprint density at radius 3 is 1.86 bits per heavy atom. The molecule has 8 heteroatoms. The Hall–Kier alpha value is -1.07. The summed E-state index contributed by atoms with van der Waals surface area (Å²) in [6.45, 7) is 0. The standard InChI is InChI=1S/C14H11Cl4N3O/c1-22-9-5-2-8(3-6-9)4-7-10-19-13(11(15)16)21-14(20-10)12(17)18/h2-7,11-12H,1H3/b7-4+. The molecule has 0 aliphatic carbocycles. The predicted molar refractivity (Wildman–Crippen MR) is 90.6 cm³/mol. The van der Waals surface area contributed by atoms with Gasteiger partial charge >= 0.3 is 0 Å². The number of alkyl halides is 4. The lowest BCUT2D eigenvalue weighted by atomic mass is 10.2. The molecule has 0 aliphatic rings. The normalized spacial score (nSPS) is 11.6. The highest BCUT2D eigenvalue weighted by Crippen LogP contribution is 2.26. The first-order valence-corrected chi connectivity index (χ1v) is 7.88. The molecule has 0 unspecified atom stereocenters. The smallest absolute Gasteiger partial charge is 0.167 e. The number of hydrogen-bond donors (Lipinski definition) is 0. The maximum atomic E-state index is 5.79. The molecule has 2 rings (SSSR count). The molecule has 116 valence electrons. The van der Waals surface area contributed by atoms with Crippen LogP contribution < -0.4 is 4.74 Å². The molecule has 1 heterocycles. The van der Waals surface area contributed by atoms with Crippen LogP contribution in [0.4, 0.5) is 0 Å². The van der Waals surface area contributed by atoms with Crippen molar-refractivity contribution in [3.8, 4) is 5.75 Å². The van der Waals surface area contributed by atoms with E-state index < -0.39 is 9.67 Å². The molecule has 4 nitrogen and oxygen atoms in total. The molecule has 0 N–H and O–H groups in total.